The summed E-state index contributed by atoms with van der Waals surface area (Å²) in [4.78, 5) is 22.5. The third-order valence-corrected chi connectivity index (χ3v) is 11.1. The van der Waals surface area contributed by atoms with E-state index in [4.69, 9.17) is 24.3 Å². The van der Waals surface area contributed by atoms with Crippen LogP contribution < -0.4 is 5.73 Å². The molecule has 0 heterocycles. The number of unbranched alkanes of at least 4 members (excludes halogenated alkanes) is 28. The molecule has 0 aromatic heterocycles. The fourth-order valence-corrected chi connectivity index (χ4v) is 7.44. The van der Waals surface area contributed by atoms with Crippen molar-refractivity contribution < 1.29 is 32.8 Å². The minimum absolute atomic E-state index is 0.0940. The molecule has 55 heavy (non-hydrogen) atoms. The number of carbonyl (C=O) groups excluding carboxylic acids is 1. The minimum Gasteiger partial charge on any atom is -0.457 e. The van der Waals surface area contributed by atoms with Crippen molar-refractivity contribution in [2.24, 2.45) is 5.73 Å². The SMILES string of the molecule is CCCCC/C=C\C/C=C\CCCCCCCCCCCC(=O)OC(COCCCCCCCCCCCCCCCCCCC)COP(=O)(O)OCCN. The first-order chi connectivity index (χ1) is 26.9. The molecular formula is C46H90NO7P. The van der Waals surface area contributed by atoms with E-state index < -0.39 is 13.9 Å². The first kappa shape index (κ1) is 54.0. The van der Waals surface area contributed by atoms with Gasteiger partial charge in [-0.05, 0) is 44.9 Å². The third-order valence-electron chi connectivity index (χ3n) is 10.1. The van der Waals surface area contributed by atoms with Gasteiger partial charge in [0.1, 0.15) is 6.10 Å². The molecule has 8 nitrogen and oxygen atoms in total. The first-order valence-corrected chi connectivity index (χ1v) is 24.8. The Labute approximate surface area is 340 Å². The summed E-state index contributed by atoms with van der Waals surface area (Å²) in [6, 6.07) is 0. The first-order valence-electron chi connectivity index (χ1n) is 23.3. The Morgan fingerprint density at radius 2 is 0.964 bits per heavy atom. The van der Waals surface area contributed by atoms with Crippen molar-refractivity contribution in [2.45, 2.75) is 232 Å². The standard InChI is InChI=1S/C46H90NO7P/c1-3-5-7-9-11-13-15-17-19-21-22-23-25-27-29-31-33-35-37-39-46(48)54-45(44-53-55(49,50)52-42-40-47)43-51-41-38-36-34-32-30-28-26-24-20-18-16-14-12-10-8-6-4-2/h11,13,17,19,45H,3-10,12,14-16,18,20-44,47H2,1-2H3,(H,49,50)/b13-11-,19-17-. The lowest BCUT2D eigenvalue weighted by Gasteiger charge is -2.20. The van der Waals surface area contributed by atoms with Gasteiger partial charge >= 0.3 is 13.8 Å². The number of esters is 1. The predicted molar refractivity (Wildman–Crippen MR) is 233 cm³/mol. The Morgan fingerprint density at radius 1 is 0.545 bits per heavy atom. The smallest absolute Gasteiger partial charge is 0.457 e. The Bertz CT molecular complexity index is 900. The highest BCUT2D eigenvalue weighted by atomic mass is 31.2. The Hall–Kier alpha value is -1.02. The molecule has 0 rings (SSSR count). The maximum Gasteiger partial charge on any atom is 0.472 e. The lowest BCUT2D eigenvalue weighted by molar-refractivity contribution is -0.154. The molecule has 0 bridgehead atoms. The maximum absolute atomic E-state index is 12.6. The summed E-state index contributed by atoms with van der Waals surface area (Å²) in [5.74, 6) is -0.331. The van der Waals surface area contributed by atoms with Crippen molar-refractivity contribution in [1.82, 2.24) is 0 Å². The molecule has 0 aromatic carbocycles. The monoisotopic (exact) mass is 800 g/mol. The summed E-state index contributed by atoms with van der Waals surface area (Å²) in [7, 11) is -4.28. The van der Waals surface area contributed by atoms with E-state index in [1.165, 1.54) is 167 Å². The number of nitrogens with two attached hydrogens (primary N) is 1. The van der Waals surface area contributed by atoms with E-state index in [1.807, 2.05) is 0 Å². The maximum atomic E-state index is 12.6. The number of phosphoric acid groups is 1. The highest BCUT2D eigenvalue weighted by Gasteiger charge is 2.25. The van der Waals surface area contributed by atoms with Gasteiger partial charge in [-0.25, -0.2) is 4.57 Å². The molecular weight excluding hydrogens is 709 g/mol. The molecule has 2 unspecified atom stereocenters. The second-order valence-corrected chi connectivity index (χ2v) is 17.1. The van der Waals surface area contributed by atoms with Crippen molar-refractivity contribution in [3.8, 4) is 0 Å². The van der Waals surface area contributed by atoms with Crippen LogP contribution >= 0.6 is 7.82 Å². The van der Waals surface area contributed by atoms with Crippen molar-refractivity contribution in [2.75, 3.05) is 33.0 Å². The van der Waals surface area contributed by atoms with Gasteiger partial charge in [-0.3, -0.25) is 13.8 Å². The summed E-state index contributed by atoms with van der Waals surface area (Å²) < 4.78 is 33.5. The average Bonchev–Trinajstić information content (AvgIpc) is 3.17. The van der Waals surface area contributed by atoms with Crippen molar-refractivity contribution in [3.05, 3.63) is 24.3 Å². The molecule has 0 fully saturated rings. The molecule has 9 heteroatoms. The zero-order valence-electron chi connectivity index (χ0n) is 36.2. The summed E-state index contributed by atoms with van der Waals surface area (Å²) in [5.41, 5.74) is 5.38. The topological polar surface area (TPSA) is 117 Å². The van der Waals surface area contributed by atoms with Gasteiger partial charge in [0.15, 0.2) is 0 Å². The lowest BCUT2D eigenvalue weighted by atomic mass is 10.0. The highest BCUT2D eigenvalue weighted by molar-refractivity contribution is 7.47. The van der Waals surface area contributed by atoms with Crippen LogP contribution in [0.3, 0.4) is 0 Å². The Kier molecular flexibility index (Phi) is 43.3. The fraction of sp³-hybridized carbons (Fsp3) is 0.891. The van der Waals surface area contributed by atoms with Crippen LogP contribution in [-0.2, 0) is 27.9 Å². The molecule has 0 saturated heterocycles. The zero-order chi connectivity index (χ0) is 40.2. The highest BCUT2D eigenvalue weighted by Crippen LogP contribution is 2.43. The van der Waals surface area contributed by atoms with Crippen LogP contribution in [0, 0.1) is 0 Å². The Balaban J connectivity index is 3.97. The average molecular weight is 800 g/mol. The van der Waals surface area contributed by atoms with E-state index in [2.05, 4.69) is 38.2 Å². The van der Waals surface area contributed by atoms with Crippen molar-refractivity contribution >= 4 is 13.8 Å². The summed E-state index contributed by atoms with van der Waals surface area (Å²) in [6.07, 6.45) is 49.1. The molecule has 0 amide bonds. The van der Waals surface area contributed by atoms with Gasteiger partial charge in [0, 0.05) is 19.6 Å². The van der Waals surface area contributed by atoms with Gasteiger partial charge < -0.3 is 20.1 Å². The second kappa shape index (κ2) is 44.1. The number of carbonyl (C=O) groups is 1. The quantitative estimate of drug-likeness (QED) is 0.0271. The lowest BCUT2D eigenvalue weighted by Crippen LogP contribution is -2.28. The Morgan fingerprint density at radius 3 is 1.45 bits per heavy atom. The number of hydrogen-bond donors (Lipinski definition) is 2. The molecule has 0 spiro atoms. The number of allylic oxidation sites excluding steroid dienone is 4. The van der Waals surface area contributed by atoms with Crippen molar-refractivity contribution in [1.29, 1.82) is 0 Å². The molecule has 0 aromatic rings. The van der Waals surface area contributed by atoms with E-state index in [1.54, 1.807) is 0 Å². The van der Waals surface area contributed by atoms with Crippen LogP contribution in [0.4, 0.5) is 0 Å². The van der Waals surface area contributed by atoms with Crippen LogP contribution in [0.25, 0.3) is 0 Å². The predicted octanol–water partition coefficient (Wildman–Crippen LogP) is 14.0. The summed E-state index contributed by atoms with van der Waals surface area (Å²) >= 11 is 0. The minimum atomic E-state index is -4.28. The van der Waals surface area contributed by atoms with Crippen LogP contribution in [0.1, 0.15) is 226 Å². The molecule has 0 aliphatic rings. The number of hydrogen-bond acceptors (Lipinski definition) is 7. The molecule has 2 atom stereocenters. The number of rotatable bonds is 45. The molecule has 0 aliphatic heterocycles. The van der Waals surface area contributed by atoms with E-state index >= 15 is 0 Å². The van der Waals surface area contributed by atoms with Crippen LogP contribution in [-0.4, -0.2) is 49.9 Å². The van der Waals surface area contributed by atoms with Gasteiger partial charge in [-0.1, -0.05) is 199 Å². The van der Waals surface area contributed by atoms with Crippen LogP contribution in [0.2, 0.25) is 0 Å². The molecule has 3 N–H and O–H groups in total. The van der Waals surface area contributed by atoms with E-state index in [9.17, 15) is 14.3 Å². The molecule has 0 aliphatic carbocycles. The summed E-state index contributed by atoms with van der Waals surface area (Å²) in [5, 5.41) is 0. The van der Waals surface area contributed by atoms with Gasteiger partial charge in [-0.2, -0.15) is 0 Å². The number of ether oxygens (including phenoxy) is 2. The largest absolute Gasteiger partial charge is 0.472 e. The third kappa shape index (κ3) is 43.9. The van der Waals surface area contributed by atoms with Gasteiger partial charge in [0.25, 0.3) is 0 Å². The second-order valence-electron chi connectivity index (χ2n) is 15.6. The number of phosphoric ester groups is 1. The van der Waals surface area contributed by atoms with Gasteiger partial charge in [-0.15, -0.1) is 0 Å². The van der Waals surface area contributed by atoms with E-state index in [-0.39, 0.29) is 32.3 Å². The van der Waals surface area contributed by atoms with E-state index in [0.717, 1.165) is 38.5 Å². The fourth-order valence-electron chi connectivity index (χ4n) is 6.68. The van der Waals surface area contributed by atoms with Crippen LogP contribution in [0.15, 0.2) is 24.3 Å². The zero-order valence-corrected chi connectivity index (χ0v) is 37.1. The van der Waals surface area contributed by atoms with Gasteiger partial charge in [0.05, 0.1) is 19.8 Å². The summed E-state index contributed by atoms with van der Waals surface area (Å²) in [6.45, 7) is 4.94. The molecule has 0 radical (unpaired) electrons. The normalized spacial score (nSPS) is 13.6. The van der Waals surface area contributed by atoms with Gasteiger partial charge in [0.2, 0.25) is 0 Å². The van der Waals surface area contributed by atoms with Crippen molar-refractivity contribution in [3.63, 3.8) is 0 Å². The molecule has 0 saturated carbocycles. The van der Waals surface area contributed by atoms with E-state index in [0.29, 0.717) is 13.0 Å². The molecule has 326 valence electrons. The van der Waals surface area contributed by atoms with Crippen LogP contribution in [0.5, 0.6) is 0 Å².